The minimum Gasteiger partial charge on any atom is -0.481 e. The highest BCUT2D eigenvalue weighted by Gasteiger charge is 2.29. The van der Waals surface area contributed by atoms with Crippen LogP contribution in [0.4, 0.5) is 0 Å². The van der Waals surface area contributed by atoms with Gasteiger partial charge in [-0.2, -0.15) is 0 Å². The van der Waals surface area contributed by atoms with Crippen LogP contribution in [-0.4, -0.2) is 35.6 Å². The largest absolute Gasteiger partial charge is 0.481 e. The van der Waals surface area contributed by atoms with E-state index in [1.54, 1.807) is 0 Å². The molecule has 0 saturated heterocycles. The van der Waals surface area contributed by atoms with Crippen LogP contribution >= 0.6 is 0 Å². The molecule has 0 aromatic carbocycles. The third-order valence-corrected chi connectivity index (χ3v) is 3.70. The summed E-state index contributed by atoms with van der Waals surface area (Å²) in [5, 5.41) is 8.60. The number of nitrogens with zero attached hydrogens (tertiary/aromatic N) is 1. The molecule has 1 rings (SSSR count). The second-order valence-electron chi connectivity index (χ2n) is 5.89. The Morgan fingerprint density at radius 1 is 1.50 bits per heavy atom. The zero-order valence-electron chi connectivity index (χ0n) is 10.8. The van der Waals surface area contributed by atoms with Crippen LogP contribution in [0.1, 0.15) is 52.4 Å². The second kappa shape index (κ2) is 5.67. The van der Waals surface area contributed by atoms with Crippen molar-refractivity contribution in [2.75, 3.05) is 13.6 Å². The lowest BCUT2D eigenvalue weighted by Crippen LogP contribution is -2.39. The first kappa shape index (κ1) is 13.5. The van der Waals surface area contributed by atoms with Crippen molar-refractivity contribution in [3.05, 3.63) is 0 Å². The van der Waals surface area contributed by atoms with E-state index in [9.17, 15) is 4.79 Å². The standard InChI is InChI=1S/C13H25NO2/c1-13(2)8-4-6-11(10-13)14(3)9-5-7-12(15)16/h11H,4-10H2,1-3H3,(H,15,16). The Morgan fingerprint density at radius 3 is 2.75 bits per heavy atom. The second-order valence-corrected chi connectivity index (χ2v) is 5.89. The lowest BCUT2D eigenvalue weighted by atomic mass is 9.75. The summed E-state index contributed by atoms with van der Waals surface area (Å²) in [5.74, 6) is -0.683. The fraction of sp³-hybridized carbons (Fsp3) is 0.923. The van der Waals surface area contributed by atoms with Crippen molar-refractivity contribution in [3.63, 3.8) is 0 Å². The van der Waals surface area contributed by atoms with Crippen molar-refractivity contribution in [1.29, 1.82) is 0 Å². The summed E-state index contributed by atoms with van der Waals surface area (Å²) >= 11 is 0. The normalized spacial score (nSPS) is 24.6. The molecule has 16 heavy (non-hydrogen) atoms. The summed E-state index contributed by atoms with van der Waals surface area (Å²) < 4.78 is 0. The average molecular weight is 227 g/mol. The van der Waals surface area contributed by atoms with Crippen molar-refractivity contribution in [2.45, 2.75) is 58.4 Å². The third kappa shape index (κ3) is 4.52. The molecular weight excluding hydrogens is 202 g/mol. The fourth-order valence-corrected chi connectivity index (χ4v) is 2.70. The molecule has 0 aromatic rings. The highest BCUT2D eigenvalue weighted by Crippen LogP contribution is 2.36. The number of hydrogen-bond acceptors (Lipinski definition) is 2. The quantitative estimate of drug-likeness (QED) is 0.785. The summed E-state index contributed by atoms with van der Waals surface area (Å²) in [7, 11) is 2.13. The number of aliphatic carboxylic acids is 1. The van der Waals surface area contributed by atoms with Gasteiger partial charge in [-0.3, -0.25) is 4.79 Å². The molecule has 0 aliphatic heterocycles. The maximum absolute atomic E-state index is 10.4. The van der Waals surface area contributed by atoms with Gasteiger partial charge in [0.05, 0.1) is 0 Å². The predicted molar refractivity (Wildman–Crippen MR) is 65.5 cm³/mol. The van der Waals surface area contributed by atoms with Gasteiger partial charge in [0.15, 0.2) is 0 Å². The van der Waals surface area contributed by atoms with E-state index in [4.69, 9.17) is 5.11 Å². The van der Waals surface area contributed by atoms with E-state index in [1.165, 1.54) is 25.7 Å². The smallest absolute Gasteiger partial charge is 0.303 e. The number of hydrogen-bond donors (Lipinski definition) is 1. The van der Waals surface area contributed by atoms with Crippen LogP contribution in [0.2, 0.25) is 0 Å². The van der Waals surface area contributed by atoms with Crippen molar-refractivity contribution in [3.8, 4) is 0 Å². The van der Waals surface area contributed by atoms with Crippen molar-refractivity contribution in [2.24, 2.45) is 5.41 Å². The van der Waals surface area contributed by atoms with E-state index in [2.05, 4.69) is 25.8 Å². The molecule has 0 radical (unpaired) electrons. The van der Waals surface area contributed by atoms with E-state index in [0.717, 1.165) is 13.0 Å². The maximum atomic E-state index is 10.4. The molecule has 1 saturated carbocycles. The number of carboxylic acid groups (broad SMARTS) is 1. The van der Waals surface area contributed by atoms with Gasteiger partial charge in [-0.1, -0.05) is 20.3 Å². The van der Waals surface area contributed by atoms with Crippen LogP contribution in [0.3, 0.4) is 0 Å². The molecule has 94 valence electrons. The zero-order chi connectivity index (χ0) is 12.2. The first-order valence-electron chi connectivity index (χ1n) is 6.33. The Balaban J connectivity index is 2.30. The van der Waals surface area contributed by atoms with Gasteiger partial charge in [-0.05, 0) is 44.7 Å². The predicted octanol–water partition coefficient (Wildman–Crippen LogP) is 2.75. The Morgan fingerprint density at radius 2 is 2.19 bits per heavy atom. The van der Waals surface area contributed by atoms with Gasteiger partial charge in [0.1, 0.15) is 0 Å². The summed E-state index contributed by atoms with van der Waals surface area (Å²) in [4.78, 5) is 12.8. The Labute approximate surface area is 98.8 Å². The molecule has 3 nitrogen and oxygen atoms in total. The monoisotopic (exact) mass is 227 g/mol. The summed E-state index contributed by atoms with van der Waals surface area (Å²) in [6.45, 7) is 5.58. The first-order chi connectivity index (χ1) is 7.41. The average Bonchev–Trinajstić information content (AvgIpc) is 2.15. The first-order valence-corrected chi connectivity index (χ1v) is 6.33. The molecule has 0 amide bonds. The van der Waals surface area contributed by atoms with Crippen LogP contribution in [0, 0.1) is 5.41 Å². The molecule has 1 aliphatic rings. The molecule has 0 heterocycles. The molecule has 1 aliphatic carbocycles. The lowest BCUT2D eigenvalue weighted by molar-refractivity contribution is -0.137. The van der Waals surface area contributed by atoms with E-state index in [1.807, 2.05) is 0 Å². The van der Waals surface area contributed by atoms with Gasteiger partial charge in [-0.25, -0.2) is 0 Å². The van der Waals surface area contributed by atoms with Gasteiger partial charge in [0.25, 0.3) is 0 Å². The topological polar surface area (TPSA) is 40.5 Å². The fourth-order valence-electron chi connectivity index (χ4n) is 2.70. The van der Waals surface area contributed by atoms with Crippen molar-refractivity contribution >= 4 is 5.97 Å². The lowest BCUT2D eigenvalue weighted by Gasteiger charge is -2.39. The van der Waals surface area contributed by atoms with Crippen LogP contribution in [0.5, 0.6) is 0 Å². The SMILES string of the molecule is CN(CCCC(=O)O)C1CCCC(C)(C)C1. The van der Waals surface area contributed by atoms with E-state index < -0.39 is 5.97 Å². The molecule has 1 unspecified atom stereocenters. The van der Waals surface area contributed by atoms with Crippen LogP contribution in [0.15, 0.2) is 0 Å². The maximum Gasteiger partial charge on any atom is 0.303 e. The Hall–Kier alpha value is -0.570. The third-order valence-electron chi connectivity index (χ3n) is 3.70. The number of carbonyl (C=O) groups is 1. The van der Waals surface area contributed by atoms with E-state index in [0.29, 0.717) is 17.9 Å². The van der Waals surface area contributed by atoms with Gasteiger partial charge in [0, 0.05) is 12.5 Å². The highest BCUT2D eigenvalue weighted by atomic mass is 16.4. The zero-order valence-corrected chi connectivity index (χ0v) is 10.8. The minimum atomic E-state index is -0.683. The van der Waals surface area contributed by atoms with Crippen molar-refractivity contribution in [1.82, 2.24) is 4.90 Å². The Bertz CT molecular complexity index is 238. The summed E-state index contributed by atoms with van der Waals surface area (Å²) in [6, 6.07) is 0.651. The van der Waals surface area contributed by atoms with Gasteiger partial charge >= 0.3 is 5.97 Å². The summed E-state index contributed by atoms with van der Waals surface area (Å²) in [6.07, 6.45) is 6.21. The molecule has 1 fully saturated rings. The molecule has 1 N–H and O–H groups in total. The van der Waals surface area contributed by atoms with Crippen LogP contribution in [0.25, 0.3) is 0 Å². The molecule has 1 atom stereocenters. The van der Waals surface area contributed by atoms with Crippen LogP contribution in [-0.2, 0) is 4.79 Å². The molecule has 0 bridgehead atoms. The van der Waals surface area contributed by atoms with E-state index in [-0.39, 0.29) is 0 Å². The number of carboxylic acids is 1. The van der Waals surface area contributed by atoms with Gasteiger partial charge in [-0.15, -0.1) is 0 Å². The number of rotatable bonds is 5. The van der Waals surface area contributed by atoms with Gasteiger partial charge in [0.2, 0.25) is 0 Å². The van der Waals surface area contributed by atoms with Crippen LogP contribution < -0.4 is 0 Å². The molecule has 0 spiro atoms. The van der Waals surface area contributed by atoms with E-state index >= 15 is 0 Å². The Kier molecular flexibility index (Phi) is 4.78. The van der Waals surface area contributed by atoms with Gasteiger partial charge < -0.3 is 10.0 Å². The molecule has 0 aromatic heterocycles. The van der Waals surface area contributed by atoms with Crippen molar-refractivity contribution < 1.29 is 9.90 Å². The highest BCUT2D eigenvalue weighted by molar-refractivity contribution is 5.66. The molecule has 3 heteroatoms. The summed E-state index contributed by atoms with van der Waals surface area (Å²) in [5.41, 5.74) is 0.462. The molecular formula is C13H25NO2. The minimum absolute atomic E-state index is 0.292.